The molecule has 0 saturated heterocycles. The van der Waals surface area contributed by atoms with Crippen molar-refractivity contribution in [2.45, 2.75) is 33.4 Å². The fraction of sp³-hybridized carbons (Fsp3) is 0.238. The van der Waals surface area contributed by atoms with Crippen LogP contribution >= 0.6 is 23.2 Å². The molecule has 0 aliphatic rings. The Morgan fingerprint density at radius 3 is 2.56 bits per heavy atom. The number of halogens is 2. The number of aryl methyl sites for hydroxylation is 1. The van der Waals surface area contributed by atoms with Crippen LogP contribution in [-0.4, -0.2) is 15.7 Å². The van der Waals surface area contributed by atoms with Gasteiger partial charge in [-0.1, -0.05) is 59.6 Å². The molecule has 0 aliphatic carbocycles. The maximum atomic E-state index is 12.3. The van der Waals surface area contributed by atoms with Crippen molar-refractivity contribution in [3.05, 3.63) is 86.7 Å². The van der Waals surface area contributed by atoms with Crippen LogP contribution in [0.1, 0.15) is 28.1 Å². The Labute approximate surface area is 169 Å². The van der Waals surface area contributed by atoms with E-state index in [-0.39, 0.29) is 12.3 Å². The molecule has 1 amide bonds. The summed E-state index contributed by atoms with van der Waals surface area (Å²) in [5.74, 6) is -0.0890. The van der Waals surface area contributed by atoms with E-state index in [0.29, 0.717) is 23.1 Å². The van der Waals surface area contributed by atoms with Crippen molar-refractivity contribution in [1.82, 2.24) is 15.1 Å². The number of amides is 1. The summed E-state index contributed by atoms with van der Waals surface area (Å²) in [6, 6.07) is 15.3. The van der Waals surface area contributed by atoms with Gasteiger partial charge >= 0.3 is 0 Å². The van der Waals surface area contributed by atoms with Gasteiger partial charge in [0.1, 0.15) is 0 Å². The number of carbonyl (C=O) groups is 1. The Kier molecular flexibility index (Phi) is 6.19. The van der Waals surface area contributed by atoms with Gasteiger partial charge in [0.25, 0.3) is 0 Å². The fourth-order valence-corrected chi connectivity index (χ4v) is 3.46. The molecule has 0 aliphatic heterocycles. The minimum absolute atomic E-state index is 0.0890. The minimum atomic E-state index is -0.0890. The van der Waals surface area contributed by atoms with Crippen LogP contribution in [0.15, 0.2) is 48.5 Å². The first kappa shape index (κ1) is 19.5. The summed E-state index contributed by atoms with van der Waals surface area (Å²) in [5.41, 5.74) is 4.97. The highest BCUT2D eigenvalue weighted by Crippen LogP contribution is 2.21. The first-order valence-corrected chi connectivity index (χ1v) is 9.47. The first-order valence-electron chi connectivity index (χ1n) is 8.71. The quantitative estimate of drug-likeness (QED) is 0.649. The summed E-state index contributed by atoms with van der Waals surface area (Å²) in [6.45, 7) is 5.14. The molecule has 3 rings (SSSR count). The van der Waals surface area contributed by atoms with Gasteiger partial charge in [0.2, 0.25) is 5.91 Å². The minimum Gasteiger partial charge on any atom is -0.352 e. The van der Waals surface area contributed by atoms with Gasteiger partial charge in [-0.3, -0.25) is 9.48 Å². The van der Waals surface area contributed by atoms with E-state index in [9.17, 15) is 4.79 Å². The smallest absolute Gasteiger partial charge is 0.224 e. The molecule has 6 heteroatoms. The van der Waals surface area contributed by atoms with E-state index in [0.717, 1.165) is 22.5 Å². The Hall–Kier alpha value is -2.30. The lowest BCUT2D eigenvalue weighted by molar-refractivity contribution is -0.120. The van der Waals surface area contributed by atoms with Gasteiger partial charge < -0.3 is 5.32 Å². The van der Waals surface area contributed by atoms with Gasteiger partial charge in [-0.05, 0) is 37.1 Å². The number of carbonyl (C=O) groups excluding carboxylic acids is 1. The van der Waals surface area contributed by atoms with Crippen LogP contribution < -0.4 is 5.32 Å². The fourth-order valence-electron chi connectivity index (χ4n) is 2.99. The Morgan fingerprint density at radius 2 is 1.85 bits per heavy atom. The number of rotatable bonds is 6. The van der Waals surface area contributed by atoms with Gasteiger partial charge in [-0.2, -0.15) is 5.10 Å². The average Bonchev–Trinajstić information content (AvgIpc) is 2.90. The standard InChI is InChI=1S/C21H21Cl2N3O/c1-14-19(15(2)26(25-14)13-16-6-4-3-5-7-16)12-24-21(27)10-17-8-9-18(22)11-20(17)23/h3-9,11H,10,12-13H2,1-2H3,(H,24,27). The van der Waals surface area contributed by atoms with Crippen molar-refractivity contribution in [1.29, 1.82) is 0 Å². The average molecular weight is 402 g/mol. The van der Waals surface area contributed by atoms with Crippen molar-refractivity contribution >= 4 is 29.1 Å². The van der Waals surface area contributed by atoms with Crippen LogP contribution in [0, 0.1) is 13.8 Å². The lowest BCUT2D eigenvalue weighted by atomic mass is 10.1. The molecule has 4 nitrogen and oxygen atoms in total. The van der Waals surface area contributed by atoms with Gasteiger partial charge in [-0.15, -0.1) is 0 Å². The molecular formula is C21H21Cl2N3O. The molecule has 0 saturated carbocycles. The summed E-state index contributed by atoms with van der Waals surface area (Å²) in [4.78, 5) is 12.3. The van der Waals surface area contributed by atoms with E-state index in [1.807, 2.05) is 36.7 Å². The van der Waals surface area contributed by atoms with Crippen LogP contribution in [0.5, 0.6) is 0 Å². The molecule has 0 unspecified atom stereocenters. The SMILES string of the molecule is Cc1nn(Cc2ccccc2)c(C)c1CNC(=O)Cc1ccc(Cl)cc1Cl. The van der Waals surface area contributed by atoms with Crippen molar-refractivity contribution in [2.24, 2.45) is 0 Å². The molecule has 2 aromatic carbocycles. The Bertz CT molecular complexity index is 952. The van der Waals surface area contributed by atoms with Gasteiger partial charge in [0, 0.05) is 27.8 Å². The van der Waals surface area contributed by atoms with E-state index >= 15 is 0 Å². The Balaban J connectivity index is 1.64. The van der Waals surface area contributed by atoms with E-state index in [4.69, 9.17) is 23.2 Å². The van der Waals surface area contributed by atoms with E-state index in [1.54, 1.807) is 18.2 Å². The summed E-state index contributed by atoms with van der Waals surface area (Å²) in [7, 11) is 0. The molecule has 1 heterocycles. The van der Waals surface area contributed by atoms with Crippen LogP contribution in [0.4, 0.5) is 0 Å². The van der Waals surface area contributed by atoms with Gasteiger partial charge in [0.15, 0.2) is 0 Å². The summed E-state index contributed by atoms with van der Waals surface area (Å²) in [6.07, 6.45) is 0.215. The molecule has 27 heavy (non-hydrogen) atoms. The number of nitrogens with one attached hydrogen (secondary N) is 1. The zero-order valence-electron chi connectivity index (χ0n) is 15.3. The lowest BCUT2D eigenvalue weighted by Crippen LogP contribution is -2.25. The molecule has 0 spiro atoms. The number of hydrogen-bond donors (Lipinski definition) is 1. The van der Waals surface area contributed by atoms with Gasteiger partial charge in [-0.25, -0.2) is 0 Å². The van der Waals surface area contributed by atoms with Crippen molar-refractivity contribution < 1.29 is 4.79 Å². The molecule has 0 atom stereocenters. The van der Waals surface area contributed by atoms with Crippen LogP contribution in [0.3, 0.4) is 0 Å². The van der Waals surface area contributed by atoms with Gasteiger partial charge in [0.05, 0.1) is 18.7 Å². The second-order valence-electron chi connectivity index (χ2n) is 6.48. The highest BCUT2D eigenvalue weighted by Gasteiger charge is 2.14. The highest BCUT2D eigenvalue weighted by atomic mass is 35.5. The van der Waals surface area contributed by atoms with E-state index in [2.05, 4.69) is 22.5 Å². The summed E-state index contributed by atoms with van der Waals surface area (Å²) >= 11 is 12.0. The lowest BCUT2D eigenvalue weighted by Gasteiger charge is -2.08. The number of benzene rings is 2. The van der Waals surface area contributed by atoms with Crippen LogP contribution in [0.2, 0.25) is 10.0 Å². The third-order valence-electron chi connectivity index (χ3n) is 4.53. The highest BCUT2D eigenvalue weighted by molar-refractivity contribution is 6.35. The zero-order valence-corrected chi connectivity index (χ0v) is 16.8. The maximum Gasteiger partial charge on any atom is 0.224 e. The molecule has 140 valence electrons. The molecule has 1 aromatic heterocycles. The topological polar surface area (TPSA) is 46.9 Å². The first-order chi connectivity index (χ1) is 12.9. The molecule has 0 bridgehead atoms. The molecule has 3 aromatic rings. The largest absolute Gasteiger partial charge is 0.352 e. The maximum absolute atomic E-state index is 12.3. The third kappa shape index (κ3) is 4.90. The molecule has 0 radical (unpaired) electrons. The molecular weight excluding hydrogens is 381 g/mol. The Morgan fingerprint density at radius 1 is 1.11 bits per heavy atom. The van der Waals surface area contributed by atoms with E-state index in [1.165, 1.54) is 5.56 Å². The second kappa shape index (κ2) is 8.59. The monoisotopic (exact) mass is 401 g/mol. The van der Waals surface area contributed by atoms with Crippen molar-refractivity contribution in [2.75, 3.05) is 0 Å². The van der Waals surface area contributed by atoms with Crippen molar-refractivity contribution in [3.63, 3.8) is 0 Å². The third-order valence-corrected chi connectivity index (χ3v) is 5.12. The van der Waals surface area contributed by atoms with Crippen LogP contribution in [0.25, 0.3) is 0 Å². The van der Waals surface area contributed by atoms with Crippen molar-refractivity contribution in [3.8, 4) is 0 Å². The predicted molar refractivity (Wildman–Crippen MR) is 109 cm³/mol. The van der Waals surface area contributed by atoms with Crippen LogP contribution in [-0.2, 0) is 24.3 Å². The zero-order chi connectivity index (χ0) is 19.4. The summed E-state index contributed by atoms with van der Waals surface area (Å²) in [5, 5.41) is 8.64. The summed E-state index contributed by atoms with van der Waals surface area (Å²) < 4.78 is 1.97. The second-order valence-corrected chi connectivity index (χ2v) is 7.33. The predicted octanol–water partition coefficient (Wildman–Crippen LogP) is 4.71. The number of nitrogens with zero attached hydrogens (tertiary/aromatic N) is 2. The number of aromatic nitrogens is 2. The number of hydrogen-bond acceptors (Lipinski definition) is 2. The molecule has 0 fully saturated rings. The normalized spacial score (nSPS) is 10.8. The molecule has 1 N–H and O–H groups in total. The van der Waals surface area contributed by atoms with E-state index < -0.39 is 0 Å².